The van der Waals surface area contributed by atoms with Crippen molar-refractivity contribution < 1.29 is 4.39 Å². The minimum absolute atomic E-state index is 0.155. The highest BCUT2D eigenvalue weighted by Crippen LogP contribution is 2.25. The Labute approximate surface area is 119 Å². The number of halogens is 1. The summed E-state index contributed by atoms with van der Waals surface area (Å²) in [5, 5.41) is 3.69. The summed E-state index contributed by atoms with van der Waals surface area (Å²) in [5.74, 6) is -0.155. The fraction of sp³-hybridized carbons (Fsp3) is 0.333. The van der Waals surface area contributed by atoms with Gasteiger partial charge in [-0.05, 0) is 48.1 Å². The van der Waals surface area contributed by atoms with Crippen molar-refractivity contribution in [2.75, 3.05) is 0 Å². The van der Waals surface area contributed by atoms with Crippen molar-refractivity contribution >= 4 is 0 Å². The highest BCUT2D eigenvalue weighted by atomic mass is 19.1. The van der Waals surface area contributed by atoms with E-state index in [0.29, 0.717) is 6.04 Å². The summed E-state index contributed by atoms with van der Waals surface area (Å²) in [7, 11) is 0. The van der Waals surface area contributed by atoms with Gasteiger partial charge in [-0.3, -0.25) is 0 Å². The van der Waals surface area contributed by atoms with Crippen molar-refractivity contribution in [3.63, 3.8) is 0 Å². The van der Waals surface area contributed by atoms with Gasteiger partial charge in [0.2, 0.25) is 0 Å². The van der Waals surface area contributed by atoms with Gasteiger partial charge in [-0.2, -0.15) is 0 Å². The van der Waals surface area contributed by atoms with Crippen LogP contribution in [0.3, 0.4) is 0 Å². The molecule has 1 aliphatic carbocycles. The Morgan fingerprint density at radius 3 is 2.40 bits per heavy atom. The van der Waals surface area contributed by atoms with Crippen molar-refractivity contribution in [2.24, 2.45) is 0 Å². The lowest BCUT2D eigenvalue weighted by Crippen LogP contribution is -2.33. The van der Waals surface area contributed by atoms with Crippen molar-refractivity contribution in [3.8, 4) is 0 Å². The molecule has 0 spiro atoms. The first-order valence-electron chi connectivity index (χ1n) is 7.34. The molecule has 0 fully saturated rings. The van der Waals surface area contributed by atoms with Crippen molar-refractivity contribution in [3.05, 3.63) is 71.0 Å². The van der Waals surface area contributed by atoms with Crippen LogP contribution in [-0.2, 0) is 12.8 Å². The Kier molecular flexibility index (Phi) is 3.83. The maximum atomic E-state index is 13.4. The Hall–Kier alpha value is -1.67. The van der Waals surface area contributed by atoms with Crippen LogP contribution >= 0.6 is 0 Å². The third-order valence-corrected chi connectivity index (χ3v) is 4.15. The Morgan fingerprint density at radius 2 is 1.80 bits per heavy atom. The number of nitrogens with one attached hydrogen (secondary N) is 1. The first-order chi connectivity index (χ1) is 9.76. The second-order valence-electron chi connectivity index (χ2n) is 5.56. The molecule has 1 N–H and O–H groups in total. The molecule has 0 saturated carbocycles. The summed E-state index contributed by atoms with van der Waals surface area (Å²) in [6.45, 7) is 2.14. The van der Waals surface area contributed by atoms with Gasteiger partial charge in [0, 0.05) is 12.1 Å². The van der Waals surface area contributed by atoms with E-state index in [1.54, 1.807) is 12.1 Å². The third kappa shape index (κ3) is 2.75. The molecule has 1 aliphatic rings. The molecule has 1 atom stereocenters. The zero-order valence-electron chi connectivity index (χ0n) is 11.8. The lowest BCUT2D eigenvalue weighted by Gasteiger charge is -2.22. The first kappa shape index (κ1) is 13.3. The molecule has 104 valence electrons. The predicted molar refractivity (Wildman–Crippen MR) is 80.2 cm³/mol. The zero-order chi connectivity index (χ0) is 13.9. The number of benzene rings is 2. The maximum Gasteiger partial charge on any atom is 0.123 e. The summed E-state index contributed by atoms with van der Waals surface area (Å²) in [4.78, 5) is 0. The van der Waals surface area contributed by atoms with Gasteiger partial charge in [-0.1, -0.05) is 43.3 Å². The highest BCUT2D eigenvalue weighted by Gasteiger charge is 2.23. The molecular formula is C18H20FN. The monoisotopic (exact) mass is 269 g/mol. The van der Waals surface area contributed by atoms with Crippen LogP contribution in [0.2, 0.25) is 0 Å². The topological polar surface area (TPSA) is 12.0 Å². The number of fused-ring (bicyclic) bond motifs is 1. The summed E-state index contributed by atoms with van der Waals surface area (Å²) >= 11 is 0. The van der Waals surface area contributed by atoms with Crippen LogP contribution in [0.5, 0.6) is 0 Å². The Balaban J connectivity index is 1.71. The standard InChI is InChI=1S/C18H20FN/c1-2-18(15-8-5-9-16(19)10-15)20-17-11-13-6-3-4-7-14(13)12-17/h3-10,17-18,20H,2,11-12H2,1H3. The van der Waals surface area contributed by atoms with Crippen LogP contribution in [0, 0.1) is 5.82 Å². The molecule has 0 aromatic heterocycles. The van der Waals surface area contributed by atoms with Crippen LogP contribution < -0.4 is 5.32 Å². The van der Waals surface area contributed by atoms with Gasteiger partial charge in [-0.25, -0.2) is 4.39 Å². The van der Waals surface area contributed by atoms with E-state index in [1.165, 1.54) is 17.2 Å². The average Bonchev–Trinajstić information content (AvgIpc) is 2.87. The third-order valence-electron chi connectivity index (χ3n) is 4.15. The molecule has 1 nitrogen and oxygen atoms in total. The molecule has 2 aromatic rings. The van der Waals surface area contributed by atoms with Gasteiger partial charge < -0.3 is 5.32 Å². The highest BCUT2D eigenvalue weighted by molar-refractivity contribution is 5.33. The van der Waals surface area contributed by atoms with E-state index >= 15 is 0 Å². The summed E-state index contributed by atoms with van der Waals surface area (Å²) in [6.07, 6.45) is 3.11. The van der Waals surface area contributed by atoms with Gasteiger partial charge >= 0.3 is 0 Å². The fourth-order valence-electron chi connectivity index (χ4n) is 3.13. The molecule has 0 aliphatic heterocycles. The second kappa shape index (κ2) is 5.76. The summed E-state index contributed by atoms with van der Waals surface area (Å²) < 4.78 is 13.4. The lowest BCUT2D eigenvalue weighted by molar-refractivity contribution is 0.434. The van der Waals surface area contributed by atoms with E-state index in [-0.39, 0.29) is 11.9 Å². The van der Waals surface area contributed by atoms with Crippen LogP contribution in [0.4, 0.5) is 4.39 Å². The summed E-state index contributed by atoms with van der Waals surface area (Å²) in [5.41, 5.74) is 3.93. The molecule has 2 aromatic carbocycles. The second-order valence-corrected chi connectivity index (χ2v) is 5.56. The molecule has 3 rings (SSSR count). The molecule has 0 heterocycles. The van der Waals surface area contributed by atoms with Crippen molar-refractivity contribution in [1.82, 2.24) is 5.32 Å². The number of hydrogen-bond acceptors (Lipinski definition) is 1. The van der Waals surface area contributed by atoms with Crippen molar-refractivity contribution in [1.29, 1.82) is 0 Å². The smallest absolute Gasteiger partial charge is 0.123 e. The largest absolute Gasteiger partial charge is 0.307 e. The van der Waals surface area contributed by atoms with Gasteiger partial charge in [0.15, 0.2) is 0 Å². The van der Waals surface area contributed by atoms with E-state index in [1.807, 2.05) is 6.07 Å². The molecule has 20 heavy (non-hydrogen) atoms. The van der Waals surface area contributed by atoms with Crippen LogP contribution in [0.15, 0.2) is 48.5 Å². The Morgan fingerprint density at radius 1 is 1.10 bits per heavy atom. The molecule has 2 heteroatoms. The normalized spacial score (nSPS) is 16.1. The van der Waals surface area contributed by atoms with E-state index < -0.39 is 0 Å². The van der Waals surface area contributed by atoms with Crippen molar-refractivity contribution in [2.45, 2.75) is 38.3 Å². The maximum absolute atomic E-state index is 13.4. The SMILES string of the molecule is CCC(NC1Cc2ccccc2C1)c1cccc(F)c1. The molecular weight excluding hydrogens is 249 g/mol. The molecule has 0 amide bonds. The van der Waals surface area contributed by atoms with Crippen LogP contribution in [0.25, 0.3) is 0 Å². The zero-order valence-corrected chi connectivity index (χ0v) is 11.8. The Bertz CT molecular complexity index is 568. The van der Waals surface area contributed by atoms with E-state index in [4.69, 9.17) is 0 Å². The molecule has 0 bridgehead atoms. The van der Waals surface area contributed by atoms with E-state index in [0.717, 1.165) is 24.8 Å². The van der Waals surface area contributed by atoms with E-state index in [2.05, 4.69) is 36.5 Å². The molecule has 1 unspecified atom stereocenters. The predicted octanol–water partition coefficient (Wildman–Crippen LogP) is 4.03. The minimum atomic E-state index is -0.155. The fourth-order valence-corrected chi connectivity index (χ4v) is 3.13. The molecule has 0 radical (unpaired) electrons. The summed E-state index contributed by atoms with van der Waals surface area (Å²) in [6, 6.07) is 16.2. The van der Waals surface area contributed by atoms with Gasteiger partial charge in [0.05, 0.1) is 0 Å². The number of hydrogen-bond donors (Lipinski definition) is 1. The average molecular weight is 269 g/mol. The van der Waals surface area contributed by atoms with Crippen LogP contribution in [-0.4, -0.2) is 6.04 Å². The molecule has 0 saturated heterocycles. The van der Waals surface area contributed by atoms with Crippen LogP contribution in [0.1, 0.15) is 36.1 Å². The quantitative estimate of drug-likeness (QED) is 0.883. The lowest BCUT2D eigenvalue weighted by atomic mass is 10.0. The first-order valence-corrected chi connectivity index (χ1v) is 7.34. The minimum Gasteiger partial charge on any atom is -0.307 e. The van der Waals surface area contributed by atoms with E-state index in [9.17, 15) is 4.39 Å². The van der Waals surface area contributed by atoms with Gasteiger partial charge in [0.1, 0.15) is 5.82 Å². The van der Waals surface area contributed by atoms with Gasteiger partial charge in [-0.15, -0.1) is 0 Å². The number of rotatable bonds is 4. The van der Waals surface area contributed by atoms with Gasteiger partial charge in [0.25, 0.3) is 0 Å².